The second-order valence-corrected chi connectivity index (χ2v) is 8.58. The number of aryl methyl sites for hydroxylation is 1. The molecule has 25 heavy (non-hydrogen) atoms. The normalized spacial score (nSPS) is 11.9. The minimum absolute atomic E-state index is 0.184. The standard InChI is InChI=1S/C14H15N3O6S2/c1-10-2-7-13(17(18)19)8-14(10)25(22,23)16-12-5-3-11(4-6-12)9-24(15,20)21/h2-8,16H,9H2,1H3,(H2,15,20,21). The first-order valence-electron chi connectivity index (χ1n) is 6.85. The molecule has 0 saturated carbocycles. The van der Waals surface area contributed by atoms with Crippen molar-refractivity contribution in [1.82, 2.24) is 0 Å². The molecule has 0 saturated heterocycles. The van der Waals surface area contributed by atoms with Gasteiger partial charge >= 0.3 is 0 Å². The van der Waals surface area contributed by atoms with E-state index >= 15 is 0 Å². The molecule has 134 valence electrons. The molecule has 0 spiro atoms. The van der Waals surface area contributed by atoms with Crippen molar-refractivity contribution in [1.29, 1.82) is 0 Å². The molecule has 0 atom stereocenters. The highest BCUT2D eigenvalue weighted by Gasteiger charge is 2.20. The highest BCUT2D eigenvalue weighted by molar-refractivity contribution is 7.92. The number of nitrogens with one attached hydrogen (secondary N) is 1. The first-order valence-corrected chi connectivity index (χ1v) is 10.0. The van der Waals surface area contributed by atoms with Gasteiger partial charge in [-0.25, -0.2) is 22.0 Å². The zero-order valence-electron chi connectivity index (χ0n) is 13.0. The van der Waals surface area contributed by atoms with Crippen LogP contribution in [0.1, 0.15) is 11.1 Å². The van der Waals surface area contributed by atoms with Gasteiger partial charge < -0.3 is 0 Å². The van der Waals surface area contributed by atoms with Crippen LogP contribution in [0.2, 0.25) is 0 Å². The van der Waals surface area contributed by atoms with Crippen molar-refractivity contribution in [3.8, 4) is 0 Å². The van der Waals surface area contributed by atoms with Crippen LogP contribution in [0.25, 0.3) is 0 Å². The Morgan fingerprint density at radius 2 is 1.68 bits per heavy atom. The number of nitrogens with zero attached hydrogens (tertiary/aromatic N) is 1. The van der Waals surface area contributed by atoms with Gasteiger partial charge in [0, 0.05) is 17.8 Å². The quantitative estimate of drug-likeness (QED) is 0.568. The van der Waals surface area contributed by atoms with Gasteiger partial charge in [0.25, 0.3) is 15.7 Å². The van der Waals surface area contributed by atoms with Gasteiger partial charge in [-0.3, -0.25) is 14.8 Å². The van der Waals surface area contributed by atoms with Crippen molar-refractivity contribution >= 4 is 31.4 Å². The van der Waals surface area contributed by atoms with Crippen molar-refractivity contribution in [3.63, 3.8) is 0 Å². The first kappa shape index (κ1) is 18.8. The zero-order valence-corrected chi connectivity index (χ0v) is 14.7. The fourth-order valence-corrected chi connectivity index (χ4v) is 4.08. The number of primary sulfonamides is 1. The number of anilines is 1. The van der Waals surface area contributed by atoms with E-state index in [1.165, 1.54) is 43.3 Å². The van der Waals surface area contributed by atoms with Crippen molar-refractivity contribution in [3.05, 3.63) is 63.7 Å². The van der Waals surface area contributed by atoms with Gasteiger partial charge in [-0.1, -0.05) is 18.2 Å². The minimum atomic E-state index is -4.05. The molecular formula is C14H15N3O6S2. The van der Waals surface area contributed by atoms with E-state index in [4.69, 9.17) is 5.14 Å². The number of benzene rings is 2. The highest BCUT2D eigenvalue weighted by atomic mass is 32.2. The molecule has 0 aliphatic heterocycles. The lowest BCUT2D eigenvalue weighted by Crippen LogP contribution is -2.15. The van der Waals surface area contributed by atoms with Gasteiger partial charge in [-0.05, 0) is 30.2 Å². The number of sulfonamides is 2. The molecule has 9 nitrogen and oxygen atoms in total. The fraction of sp³-hybridized carbons (Fsp3) is 0.143. The third-order valence-electron chi connectivity index (χ3n) is 3.25. The minimum Gasteiger partial charge on any atom is -0.280 e. The van der Waals surface area contributed by atoms with E-state index in [1.54, 1.807) is 0 Å². The van der Waals surface area contributed by atoms with E-state index in [0.717, 1.165) is 6.07 Å². The smallest absolute Gasteiger partial charge is 0.270 e. The molecule has 11 heteroatoms. The molecular weight excluding hydrogens is 370 g/mol. The van der Waals surface area contributed by atoms with E-state index in [1.807, 2.05) is 0 Å². The van der Waals surface area contributed by atoms with E-state index in [9.17, 15) is 26.9 Å². The molecule has 2 rings (SSSR count). The molecule has 3 N–H and O–H groups in total. The van der Waals surface area contributed by atoms with Crippen LogP contribution < -0.4 is 9.86 Å². The molecule has 0 bridgehead atoms. The summed E-state index contributed by atoms with van der Waals surface area (Å²) in [5, 5.41) is 15.8. The lowest BCUT2D eigenvalue weighted by Gasteiger charge is -2.11. The summed E-state index contributed by atoms with van der Waals surface area (Å²) in [5.74, 6) is -0.371. The third-order valence-corrected chi connectivity index (χ3v) is 5.51. The number of nitro benzene ring substituents is 1. The van der Waals surface area contributed by atoms with Gasteiger partial charge in [0.05, 0.1) is 15.6 Å². The van der Waals surface area contributed by atoms with Gasteiger partial charge in [0.1, 0.15) is 0 Å². The number of hydrogen-bond acceptors (Lipinski definition) is 6. The number of rotatable bonds is 6. The molecule has 0 aliphatic rings. The number of hydrogen-bond donors (Lipinski definition) is 2. The van der Waals surface area contributed by atoms with Crippen LogP contribution in [-0.4, -0.2) is 21.8 Å². The topological polar surface area (TPSA) is 149 Å². The maximum atomic E-state index is 12.5. The second-order valence-electron chi connectivity index (χ2n) is 5.32. The van der Waals surface area contributed by atoms with Gasteiger partial charge in [0.15, 0.2) is 0 Å². The predicted molar refractivity (Wildman–Crippen MR) is 91.9 cm³/mol. The van der Waals surface area contributed by atoms with Gasteiger partial charge in [0.2, 0.25) is 10.0 Å². The van der Waals surface area contributed by atoms with Crippen LogP contribution in [0.3, 0.4) is 0 Å². The van der Waals surface area contributed by atoms with Crippen LogP contribution in [0.15, 0.2) is 47.4 Å². The molecule has 0 amide bonds. The summed E-state index contributed by atoms with van der Waals surface area (Å²) in [6, 6.07) is 9.14. The van der Waals surface area contributed by atoms with E-state index in [2.05, 4.69) is 4.72 Å². The Labute approximate surface area is 144 Å². The third kappa shape index (κ3) is 4.98. The van der Waals surface area contributed by atoms with Crippen molar-refractivity contribution in [2.24, 2.45) is 5.14 Å². The molecule has 0 fully saturated rings. The summed E-state index contributed by atoms with van der Waals surface area (Å²) < 4.78 is 49.3. The first-order chi connectivity index (χ1) is 11.5. The highest BCUT2D eigenvalue weighted by Crippen LogP contribution is 2.24. The summed E-state index contributed by atoms with van der Waals surface area (Å²) in [6.45, 7) is 1.52. The molecule has 2 aromatic carbocycles. The molecule has 0 aromatic heterocycles. The zero-order chi connectivity index (χ0) is 18.8. The lowest BCUT2D eigenvalue weighted by atomic mass is 10.2. The van der Waals surface area contributed by atoms with Crippen molar-refractivity contribution in [2.75, 3.05) is 4.72 Å². The van der Waals surface area contributed by atoms with Crippen molar-refractivity contribution in [2.45, 2.75) is 17.6 Å². The van der Waals surface area contributed by atoms with Crippen LogP contribution in [0, 0.1) is 17.0 Å². The van der Waals surface area contributed by atoms with E-state index in [0.29, 0.717) is 11.1 Å². The second kappa shape index (κ2) is 6.78. The number of nitrogens with two attached hydrogens (primary N) is 1. The Hall–Kier alpha value is -2.50. The van der Waals surface area contributed by atoms with Gasteiger partial charge in [-0.2, -0.15) is 0 Å². The van der Waals surface area contributed by atoms with Crippen molar-refractivity contribution < 1.29 is 21.8 Å². The Morgan fingerprint density at radius 1 is 1.08 bits per heavy atom. The van der Waals surface area contributed by atoms with Crippen LogP contribution in [-0.2, 0) is 25.8 Å². The summed E-state index contributed by atoms with van der Waals surface area (Å²) in [6.07, 6.45) is 0. The number of nitro groups is 1. The van der Waals surface area contributed by atoms with Crippen LogP contribution in [0.5, 0.6) is 0 Å². The molecule has 2 aromatic rings. The molecule has 0 aliphatic carbocycles. The predicted octanol–water partition coefficient (Wildman–Crippen LogP) is 1.49. The van der Waals surface area contributed by atoms with Crippen LogP contribution >= 0.6 is 0 Å². The van der Waals surface area contributed by atoms with Crippen LogP contribution in [0.4, 0.5) is 11.4 Å². The Kier molecular flexibility index (Phi) is 5.11. The Morgan fingerprint density at radius 3 is 2.20 bits per heavy atom. The number of non-ortho nitro benzene ring substituents is 1. The molecule has 0 heterocycles. The monoisotopic (exact) mass is 385 g/mol. The molecule has 0 radical (unpaired) electrons. The molecule has 0 unspecified atom stereocenters. The van der Waals surface area contributed by atoms with E-state index in [-0.39, 0.29) is 22.0 Å². The summed E-state index contributed by atoms with van der Waals surface area (Å²) in [4.78, 5) is 9.94. The van der Waals surface area contributed by atoms with Gasteiger partial charge in [-0.15, -0.1) is 0 Å². The summed E-state index contributed by atoms with van der Waals surface area (Å²) in [7, 11) is -7.73. The summed E-state index contributed by atoms with van der Waals surface area (Å²) >= 11 is 0. The van der Waals surface area contributed by atoms with E-state index < -0.39 is 25.0 Å². The SMILES string of the molecule is Cc1ccc([N+](=O)[O-])cc1S(=O)(=O)Nc1ccc(CS(N)(=O)=O)cc1. The lowest BCUT2D eigenvalue weighted by molar-refractivity contribution is -0.385. The largest absolute Gasteiger partial charge is 0.280 e. The maximum Gasteiger partial charge on any atom is 0.270 e. The maximum absolute atomic E-state index is 12.5. The average Bonchev–Trinajstić information content (AvgIpc) is 2.47. The fourth-order valence-electron chi connectivity index (χ4n) is 2.10. The Balaban J connectivity index is 2.30. The average molecular weight is 385 g/mol. The Bertz CT molecular complexity index is 1020. The summed E-state index contributed by atoms with van der Waals surface area (Å²) in [5.41, 5.74) is 0.597.